The topological polar surface area (TPSA) is 35.2 Å². The number of hydrogen-bond donors (Lipinski definition) is 1. The number of aryl methyl sites for hydroxylation is 1. The molecule has 0 aliphatic heterocycles. The third kappa shape index (κ3) is 2.96. The van der Waals surface area contributed by atoms with E-state index in [1.165, 1.54) is 29.5 Å². The van der Waals surface area contributed by atoms with Crippen LogP contribution in [0.2, 0.25) is 0 Å². The fourth-order valence-electron chi connectivity index (χ4n) is 3.38. The molecule has 2 heteroatoms. The predicted octanol–water partition coefficient (Wildman–Crippen LogP) is 4.21. The van der Waals surface area contributed by atoms with Crippen molar-refractivity contribution in [2.24, 2.45) is 5.73 Å². The molecule has 2 nitrogen and oxygen atoms in total. The maximum absolute atomic E-state index is 6.59. The molecule has 0 radical (unpaired) electrons. The van der Waals surface area contributed by atoms with Crippen molar-refractivity contribution in [1.82, 2.24) is 0 Å². The minimum absolute atomic E-state index is 0.0341. The molecule has 0 aromatic heterocycles. The Balaban J connectivity index is 1.89. The summed E-state index contributed by atoms with van der Waals surface area (Å²) in [6.45, 7) is 2.69. The number of fused-ring (bicyclic) bond motifs is 1. The Morgan fingerprint density at radius 2 is 2.05 bits per heavy atom. The standard InChI is InChI=1S/C19H23NO/c1-2-21-16-10-5-9-15(13-16)19(20)18-12-6-8-14-7-3-4-11-17(14)18/h3-5,7,9-11,13,18-19H,2,6,8,12,20H2,1H3. The van der Waals surface area contributed by atoms with Crippen molar-refractivity contribution in [3.8, 4) is 5.75 Å². The lowest BCUT2D eigenvalue weighted by Crippen LogP contribution is -2.23. The molecule has 3 rings (SSSR count). The van der Waals surface area contributed by atoms with E-state index in [0.29, 0.717) is 12.5 Å². The van der Waals surface area contributed by atoms with Crippen LogP contribution in [0.4, 0.5) is 0 Å². The molecule has 2 atom stereocenters. The Morgan fingerprint density at radius 1 is 1.19 bits per heavy atom. The minimum atomic E-state index is 0.0341. The first-order chi connectivity index (χ1) is 10.3. The van der Waals surface area contributed by atoms with Gasteiger partial charge in [0, 0.05) is 12.0 Å². The first-order valence-corrected chi connectivity index (χ1v) is 7.85. The van der Waals surface area contributed by atoms with Crippen molar-refractivity contribution >= 4 is 0 Å². The first-order valence-electron chi connectivity index (χ1n) is 7.85. The van der Waals surface area contributed by atoms with Crippen LogP contribution in [0, 0.1) is 0 Å². The normalized spacial score (nSPS) is 18.9. The average molecular weight is 281 g/mol. The fourth-order valence-corrected chi connectivity index (χ4v) is 3.38. The molecule has 2 aromatic carbocycles. The molecule has 1 aliphatic carbocycles. The van der Waals surface area contributed by atoms with Gasteiger partial charge in [-0.25, -0.2) is 0 Å². The number of rotatable bonds is 4. The highest BCUT2D eigenvalue weighted by atomic mass is 16.5. The molecule has 110 valence electrons. The van der Waals surface area contributed by atoms with Crippen LogP contribution in [0.5, 0.6) is 5.75 Å². The first kappa shape index (κ1) is 14.2. The SMILES string of the molecule is CCOc1cccc(C(N)C2CCCc3ccccc32)c1. The summed E-state index contributed by atoms with van der Waals surface area (Å²) in [4.78, 5) is 0. The number of hydrogen-bond acceptors (Lipinski definition) is 2. The Bertz CT molecular complexity index is 608. The van der Waals surface area contributed by atoms with Gasteiger partial charge in [-0.2, -0.15) is 0 Å². The highest BCUT2D eigenvalue weighted by Gasteiger charge is 2.26. The predicted molar refractivity (Wildman–Crippen MR) is 86.7 cm³/mol. The highest BCUT2D eigenvalue weighted by Crippen LogP contribution is 2.39. The zero-order valence-corrected chi connectivity index (χ0v) is 12.6. The van der Waals surface area contributed by atoms with Gasteiger partial charge in [-0.1, -0.05) is 36.4 Å². The van der Waals surface area contributed by atoms with E-state index < -0.39 is 0 Å². The van der Waals surface area contributed by atoms with Crippen LogP contribution < -0.4 is 10.5 Å². The van der Waals surface area contributed by atoms with E-state index in [-0.39, 0.29) is 6.04 Å². The summed E-state index contributed by atoms with van der Waals surface area (Å²) in [5.74, 6) is 1.32. The van der Waals surface area contributed by atoms with Gasteiger partial charge in [0.1, 0.15) is 5.75 Å². The molecule has 2 unspecified atom stereocenters. The van der Waals surface area contributed by atoms with Crippen molar-refractivity contribution in [1.29, 1.82) is 0 Å². The van der Waals surface area contributed by atoms with Crippen LogP contribution in [0.1, 0.15) is 48.4 Å². The molecule has 0 bridgehead atoms. The van der Waals surface area contributed by atoms with Gasteiger partial charge < -0.3 is 10.5 Å². The fraction of sp³-hybridized carbons (Fsp3) is 0.368. The van der Waals surface area contributed by atoms with Gasteiger partial charge in [0.15, 0.2) is 0 Å². The lowest BCUT2D eigenvalue weighted by molar-refractivity contribution is 0.339. The Labute approximate surface area is 126 Å². The van der Waals surface area contributed by atoms with Gasteiger partial charge in [0.25, 0.3) is 0 Å². The molecule has 0 spiro atoms. The van der Waals surface area contributed by atoms with Crippen molar-refractivity contribution in [3.63, 3.8) is 0 Å². The molecule has 1 aliphatic rings. The van der Waals surface area contributed by atoms with Crippen LogP contribution in [0.15, 0.2) is 48.5 Å². The summed E-state index contributed by atoms with van der Waals surface area (Å²) >= 11 is 0. The van der Waals surface area contributed by atoms with Crippen molar-refractivity contribution in [3.05, 3.63) is 65.2 Å². The molecule has 0 heterocycles. The van der Waals surface area contributed by atoms with E-state index in [9.17, 15) is 0 Å². The van der Waals surface area contributed by atoms with E-state index in [0.717, 1.165) is 12.2 Å². The summed E-state index contributed by atoms with van der Waals surface area (Å²) in [7, 11) is 0. The van der Waals surface area contributed by atoms with Crippen molar-refractivity contribution in [2.75, 3.05) is 6.61 Å². The molecule has 21 heavy (non-hydrogen) atoms. The van der Waals surface area contributed by atoms with Gasteiger partial charge in [0.2, 0.25) is 0 Å². The second-order valence-corrected chi connectivity index (χ2v) is 5.73. The third-order valence-corrected chi connectivity index (χ3v) is 4.40. The Kier molecular flexibility index (Phi) is 4.26. The minimum Gasteiger partial charge on any atom is -0.494 e. The lowest BCUT2D eigenvalue weighted by Gasteiger charge is -2.30. The molecular weight excluding hydrogens is 258 g/mol. The van der Waals surface area contributed by atoms with E-state index in [1.54, 1.807) is 0 Å². The summed E-state index contributed by atoms with van der Waals surface area (Å²) < 4.78 is 5.60. The van der Waals surface area contributed by atoms with E-state index >= 15 is 0 Å². The maximum Gasteiger partial charge on any atom is 0.119 e. The lowest BCUT2D eigenvalue weighted by atomic mass is 9.77. The largest absolute Gasteiger partial charge is 0.494 e. The average Bonchev–Trinajstić information content (AvgIpc) is 2.54. The second-order valence-electron chi connectivity index (χ2n) is 5.73. The summed E-state index contributed by atoms with van der Waals surface area (Å²) in [6.07, 6.45) is 3.57. The van der Waals surface area contributed by atoms with Crippen molar-refractivity contribution in [2.45, 2.75) is 38.1 Å². The molecular formula is C19H23NO. The van der Waals surface area contributed by atoms with Crippen LogP contribution in [0.3, 0.4) is 0 Å². The van der Waals surface area contributed by atoms with Gasteiger partial charge in [0.05, 0.1) is 6.61 Å². The zero-order valence-electron chi connectivity index (χ0n) is 12.6. The molecule has 0 fully saturated rings. The van der Waals surface area contributed by atoms with Crippen LogP contribution in [-0.4, -0.2) is 6.61 Å². The highest BCUT2D eigenvalue weighted by molar-refractivity contribution is 5.38. The van der Waals surface area contributed by atoms with Crippen LogP contribution in [0.25, 0.3) is 0 Å². The summed E-state index contributed by atoms with van der Waals surface area (Å²) in [6, 6.07) is 17.0. The molecule has 2 N–H and O–H groups in total. The Hall–Kier alpha value is -1.80. The number of nitrogens with two attached hydrogens (primary N) is 1. The van der Waals surface area contributed by atoms with E-state index in [2.05, 4.69) is 36.4 Å². The van der Waals surface area contributed by atoms with Crippen LogP contribution >= 0.6 is 0 Å². The molecule has 0 saturated heterocycles. The molecule has 0 saturated carbocycles. The Morgan fingerprint density at radius 3 is 2.90 bits per heavy atom. The molecule has 2 aromatic rings. The van der Waals surface area contributed by atoms with E-state index in [4.69, 9.17) is 10.5 Å². The van der Waals surface area contributed by atoms with Gasteiger partial charge in [-0.05, 0) is 55.0 Å². The second kappa shape index (κ2) is 6.31. The number of ether oxygens (including phenoxy) is 1. The van der Waals surface area contributed by atoms with Crippen molar-refractivity contribution < 1.29 is 4.74 Å². The third-order valence-electron chi connectivity index (χ3n) is 4.40. The maximum atomic E-state index is 6.59. The smallest absolute Gasteiger partial charge is 0.119 e. The zero-order chi connectivity index (χ0) is 14.7. The van der Waals surface area contributed by atoms with Gasteiger partial charge in [-0.15, -0.1) is 0 Å². The quantitative estimate of drug-likeness (QED) is 0.911. The number of benzene rings is 2. The molecule has 0 amide bonds. The monoisotopic (exact) mass is 281 g/mol. The van der Waals surface area contributed by atoms with Gasteiger partial charge >= 0.3 is 0 Å². The summed E-state index contributed by atoms with van der Waals surface area (Å²) in [5.41, 5.74) is 10.7. The van der Waals surface area contributed by atoms with E-state index in [1.807, 2.05) is 19.1 Å². The summed E-state index contributed by atoms with van der Waals surface area (Å²) in [5, 5.41) is 0. The van der Waals surface area contributed by atoms with Gasteiger partial charge in [-0.3, -0.25) is 0 Å². The van der Waals surface area contributed by atoms with Crippen LogP contribution in [-0.2, 0) is 6.42 Å².